The highest BCUT2D eigenvalue weighted by atomic mass is 16.2. The Morgan fingerprint density at radius 3 is 2.86 bits per heavy atom. The van der Waals surface area contributed by atoms with Crippen molar-refractivity contribution in [3.63, 3.8) is 0 Å². The zero-order chi connectivity index (χ0) is 15.4. The number of hydrogen-bond acceptors (Lipinski definition) is 3. The van der Waals surface area contributed by atoms with E-state index in [1.165, 1.54) is 17.0 Å². The molecule has 0 saturated heterocycles. The normalized spacial score (nSPS) is 22.4. The first-order chi connectivity index (χ1) is 10.0. The van der Waals surface area contributed by atoms with Gasteiger partial charge in [0.15, 0.2) is 0 Å². The minimum Gasteiger partial charge on any atom is -0.338 e. The monoisotopic (exact) mass is 291 g/mol. The molecular formula is C17H29N3O. The predicted octanol–water partition coefficient (Wildman–Crippen LogP) is 2.74. The lowest BCUT2D eigenvalue weighted by Crippen LogP contribution is -2.39. The van der Waals surface area contributed by atoms with E-state index < -0.39 is 0 Å². The summed E-state index contributed by atoms with van der Waals surface area (Å²) >= 11 is 0. The molecule has 2 rings (SSSR count). The topological polar surface area (TPSA) is 58.7 Å². The van der Waals surface area contributed by atoms with Crippen molar-refractivity contribution < 1.29 is 4.79 Å². The molecular weight excluding hydrogens is 262 g/mol. The van der Waals surface area contributed by atoms with Gasteiger partial charge in [-0.05, 0) is 43.2 Å². The first kappa shape index (κ1) is 16.2. The van der Waals surface area contributed by atoms with E-state index in [0.717, 1.165) is 38.8 Å². The number of carbonyl (C=O) groups excluding carboxylic acids is 1. The van der Waals surface area contributed by atoms with Gasteiger partial charge in [-0.1, -0.05) is 20.8 Å². The average Bonchev–Trinajstić information content (AvgIpc) is 2.46. The molecule has 0 saturated carbocycles. The quantitative estimate of drug-likeness (QED) is 0.792. The summed E-state index contributed by atoms with van der Waals surface area (Å²) in [6.07, 6.45) is 4.44. The molecule has 2 heterocycles. The second kappa shape index (κ2) is 7.21. The van der Waals surface area contributed by atoms with Gasteiger partial charge in [-0.15, -0.1) is 0 Å². The van der Waals surface area contributed by atoms with Gasteiger partial charge in [0, 0.05) is 37.3 Å². The maximum absolute atomic E-state index is 12.3. The highest BCUT2D eigenvalue weighted by Gasteiger charge is 2.29. The molecule has 118 valence electrons. The summed E-state index contributed by atoms with van der Waals surface area (Å²) < 4.78 is 0. The predicted molar refractivity (Wildman–Crippen MR) is 87.2 cm³/mol. The van der Waals surface area contributed by atoms with Crippen LogP contribution in [-0.4, -0.2) is 36.2 Å². The molecule has 0 bridgehead atoms. The van der Waals surface area contributed by atoms with E-state index in [2.05, 4.69) is 20.8 Å². The smallest absolute Gasteiger partial charge is 0.222 e. The molecule has 0 aromatic rings. The first-order valence-electron chi connectivity index (χ1n) is 8.30. The number of nitrogens with zero attached hydrogens (tertiary/aromatic N) is 2. The maximum atomic E-state index is 12.3. The Labute approximate surface area is 128 Å². The fraction of sp³-hybridized carbons (Fsp3) is 0.765. The van der Waals surface area contributed by atoms with Gasteiger partial charge in [-0.2, -0.15) is 0 Å². The van der Waals surface area contributed by atoms with Gasteiger partial charge in [-0.25, -0.2) is 0 Å². The zero-order valence-corrected chi connectivity index (χ0v) is 13.7. The summed E-state index contributed by atoms with van der Waals surface area (Å²) in [5.41, 5.74) is 9.45. The molecule has 0 aromatic carbocycles. The lowest BCUT2D eigenvalue weighted by atomic mass is 9.85. The lowest BCUT2D eigenvalue weighted by Gasteiger charge is -2.35. The van der Waals surface area contributed by atoms with Crippen molar-refractivity contribution in [2.45, 2.75) is 52.9 Å². The molecule has 4 heteroatoms. The number of unbranched alkanes of at least 4 members (excludes halogenated alkanes) is 1. The Bertz CT molecular complexity index is 451. The van der Waals surface area contributed by atoms with Crippen molar-refractivity contribution >= 4 is 11.6 Å². The first-order valence-corrected chi connectivity index (χ1v) is 8.30. The SMILES string of the molecule is CC(C)C1=NC2=C(CN(C(=O)CCCCN)CC2)C(C)C1. The highest BCUT2D eigenvalue weighted by Crippen LogP contribution is 2.33. The van der Waals surface area contributed by atoms with Gasteiger partial charge in [0.2, 0.25) is 5.91 Å². The minimum atomic E-state index is 0.279. The molecule has 0 fully saturated rings. The Kier molecular flexibility index (Phi) is 5.57. The third-order valence-corrected chi connectivity index (χ3v) is 4.60. The molecule has 21 heavy (non-hydrogen) atoms. The van der Waals surface area contributed by atoms with E-state index >= 15 is 0 Å². The molecule has 2 aliphatic heterocycles. The Morgan fingerprint density at radius 2 is 2.19 bits per heavy atom. The minimum absolute atomic E-state index is 0.279. The van der Waals surface area contributed by atoms with E-state index in [1.54, 1.807) is 0 Å². The second-order valence-corrected chi connectivity index (χ2v) is 6.65. The molecule has 2 aliphatic rings. The van der Waals surface area contributed by atoms with Crippen LogP contribution in [0.15, 0.2) is 16.3 Å². The van der Waals surface area contributed by atoms with E-state index in [-0.39, 0.29) is 5.91 Å². The van der Waals surface area contributed by atoms with Crippen molar-refractivity contribution in [3.8, 4) is 0 Å². The van der Waals surface area contributed by atoms with Crippen LogP contribution in [0, 0.1) is 11.8 Å². The van der Waals surface area contributed by atoms with Gasteiger partial charge < -0.3 is 10.6 Å². The van der Waals surface area contributed by atoms with Crippen molar-refractivity contribution in [3.05, 3.63) is 11.3 Å². The van der Waals surface area contributed by atoms with Crippen LogP contribution in [0.4, 0.5) is 0 Å². The Hall–Kier alpha value is -1.16. The van der Waals surface area contributed by atoms with Crippen molar-refractivity contribution in [2.24, 2.45) is 22.6 Å². The molecule has 4 nitrogen and oxygen atoms in total. The maximum Gasteiger partial charge on any atom is 0.222 e. The number of carbonyl (C=O) groups is 1. The number of hydrogen-bond donors (Lipinski definition) is 1. The van der Waals surface area contributed by atoms with Crippen molar-refractivity contribution in [1.82, 2.24) is 4.90 Å². The summed E-state index contributed by atoms with van der Waals surface area (Å²) in [7, 11) is 0. The molecule has 1 unspecified atom stereocenters. The van der Waals surface area contributed by atoms with Gasteiger partial charge in [0.05, 0.1) is 0 Å². The summed E-state index contributed by atoms with van der Waals surface area (Å²) in [5, 5.41) is 0. The fourth-order valence-electron chi connectivity index (χ4n) is 3.16. The summed E-state index contributed by atoms with van der Waals surface area (Å²) in [6.45, 7) is 8.98. The third-order valence-electron chi connectivity index (χ3n) is 4.60. The highest BCUT2D eigenvalue weighted by molar-refractivity contribution is 5.88. The van der Waals surface area contributed by atoms with Crippen LogP contribution in [0.25, 0.3) is 0 Å². The molecule has 0 aliphatic carbocycles. The molecule has 1 amide bonds. The van der Waals surface area contributed by atoms with E-state index in [4.69, 9.17) is 10.7 Å². The van der Waals surface area contributed by atoms with Crippen LogP contribution >= 0.6 is 0 Å². The number of rotatable bonds is 5. The van der Waals surface area contributed by atoms with E-state index in [1.807, 2.05) is 4.90 Å². The van der Waals surface area contributed by atoms with E-state index in [9.17, 15) is 4.79 Å². The van der Waals surface area contributed by atoms with Gasteiger partial charge in [0.25, 0.3) is 0 Å². The summed E-state index contributed by atoms with van der Waals surface area (Å²) in [4.78, 5) is 19.1. The van der Waals surface area contributed by atoms with Crippen LogP contribution in [0.5, 0.6) is 0 Å². The fourth-order valence-corrected chi connectivity index (χ4v) is 3.16. The van der Waals surface area contributed by atoms with Crippen LogP contribution in [0.3, 0.4) is 0 Å². The van der Waals surface area contributed by atoms with Crippen LogP contribution < -0.4 is 5.73 Å². The standard InChI is InChI=1S/C17H29N3O/c1-12(2)16-10-13(3)14-11-20(9-7-15(14)19-16)17(21)6-4-5-8-18/h12-13H,4-11,18H2,1-3H3. The number of nitrogens with two attached hydrogens (primary N) is 1. The van der Waals surface area contributed by atoms with Crippen LogP contribution in [0.1, 0.15) is 52.9 Å². The molecule has 1 atom stereocenters. The lowest BCUT2D eigenvalue weighted by molar-refractivity contribution is -0.131. The average molecular weight is 291 g/mol. The second-order valence-electron chi connectivity index (χ2n) is 6.65. The number of aliphatic imine (C=N–C) groups is 1. The van der Waals surface area contributed by atoms with Crippen molar-refractivity contribution in [2.75, 3.05) is 19.6 Å². The molecule has 0 spiro atoms. The molecule has 2 N–H and O–H groups in total. The van der Waals surface area contributed by atoms with E-state index in [0.29, 0.717) is 24.8 Å². The van der Waals surface area contributed by atoms with Crippen LogP contribution in [-0.2, 0) is 4.79 Å². The Morgan fingerprint density at radius 1 is 1.43 bits per heavy atom. The third kappa shape index (κ3) is 3.94. The van der Waals surface area contributed by atoms with Crippen molar-refractivity contribution in [1.29, 1.82) is 0 Å². The zero-order valence-electron chi connectivity index (χ0n) is 13.7. The Balaban J connectivity index is 2.02. The number of amides is 1. The summed E-state index contributed by atoms with van der Waals surface area (Å²) in [5.74, 6) is 1.33. The molecule has 0 radical (unpaired) electrons. The van der Waals surface area contributed by atoms with Gasteiger partial charge in [0.1, 0.15) is 0 Å². The van der Waals surface area contributed by atoms with Gasteiger partial charge in [-0.3, -0.25) is 9.79 Å². The molecule has 0 aromatic heterocycles. The van der Waals surface area contributed by atoms with Crippen LogP contribution in [0.2, 0.25) is 0 Å². The summed E-state index contributed by atoms with van der Waals surface area (Å²) in [6, 6.07) is 0. The van der Waals surface area contributed by atoms with Gasteiger partial charge >= 0.3 is 0 Å². The largest absolute Gasteiger partial charge is 0.338 e.